The van der Waals surface area contributed by atoms with Crippen LogP contribution in [0.15, 0.2) is 29.2 Å². The first-order valence-electron chi connectivity index (χ1n) is 8.34. The van der Waals surface area contributed by atoms with Gasteiger partial charge in [0.1, 0.15) is 11.8 Å². The van der Waals surface area contributed by atoms with Crippen LogP contribution in [0.2, 0.25) is 0 Å². The van der Waals surface area contributed by atoms with Crippen molar-refractivity contribution in [3.63, 3.8) is 0 Å². The Hall–Kier alpha value is -1.69. The lowest BCUT2D eigenvalue weighted by atomic mass is 10.2. The minimum absolute atomic E-state index is 0.0119. The van der Waals surface area contributed by atoms with Crippen molar-refractivity contribution >= 4 is 23.6 Å². The van der Waals surface area contributed by atoms with Gasteiger partial charge < -0.3 is 15.0 Å². The number of hydrogen-bond donors (Lipinski definition) is 1. The molecule has 2 amide bonds. The summed E-state index contributed by atoms with van der Waals surface area (Å²) >= 11 is 1.55. The van der Waals surface area contributed by atoms with Gasteiger partial charge in [-0.3, -0.25) is 9.59 Å². The van der Waals surface area contributed by atoms with Gasteiger partial charge in [-0.05, 0) is 37.6 Å². The topological polar surface area (TPSA) is 58.6 Å². The van der Waals surface area contributed by atoms with E-state index in [1.54, 1.807) is 18.9 Å². The molecule has 1 rings (SSSR count). The van der Waals surface area contributed by atoms with E-state index in [2.05, 4.69) is 12.2 Å². The van der Waals surface area contributed by atoms with E-state index < -0.39 is 6.04 Å². The molecule has 5 nitrogen and oxygen atoms in total. The first-order valence-corrected chi connectivity index (χ1v) is 9.33. The highest BCUT2D eigenvalue weighted by Gasteiger charge is 2.24. The molecule has 1 unspecified atom stereocenters. The lowest BCUT2D eigenvalue weighted by Gasteiger charge is -2.26. The number of nitrogens with zero attached hydrogens (tertiary/aromatic N) is 1. The van der Waals surface area contributed by atoms with Crippen molar-refractivity contribution in [2.45, 2.75) is 44.6 Å². The van der Waals surface area contributed by atoms with Crippen LogP contribution >= 0.6 is 11.8 Å². The minimum Gasteiger partial charge on any atom is -0.497 e. The van der Waals surface area contributed by atoms with Crippen molar-refractivity contribution in [2.75, 3.05) is 26.0 Å². The second-order valence-electron chi connectivity index (χ2n) is 5.51. The molecule has 0 radical (unpaired) electrons. The van der Waals surface area contributed by atoms with Crippen molar-refractivity contribution in [1.29, 1.82) is 0 Å². The molecular weight excluding hydrogens is 324 g/mol. The molecule has 0 saturated heterocycles. The number of methoxy groups -OCH3 is 1. The van der Waals surface area contributed by atoms with E-state index in [9.17, 15) is 9.59 Å². The van der Waals surface area contributed by atoms with Gasteiger partial charge in [0.15, 0.2) is 0 Å². The lowest BCUT2D eigenvalue weighted by molar-refractivity contribution is -0.135. The van der Waals surface area contributed by atoms with Crippen molar-refractivity contribution in [2.24, 2.45) is 0 Å². The molecule has 1 aromatic carbocycles. The van der Waals surface area contributed by atoms with Gasteiger partial charge in [0.2, 0.25) is 11.8 Å². The minimum atomic E-state index is -0.508. The number of unbranched alkanes of at least 4 members (excludes halogenated alkanes) is 1. The third-order valence-electron chi connectivity index (χ3n) is 3.63. The Bertz CT molecular complexity index is 520. The van der Waals surface area contributed by atoms with E-state index in [4.69, 9.17) is 4.74 Å². The average molecular weight is 353 g/mol. The van der Waals surface area contributed by atoms with Crippen LogP contribution in [0.5, 0.6) is 5.75 Å². The van der Waals surface area contributed by atoms with Gasteiger partial charge in [-0.15, -0.1) is 11.8 Å². The number of carbonyl (C=O) groups is 2. The second kappa shape index (κ2) is 11.0. The molecule has 0 aliphatic rings. The summed E-state index contributed by atoms with van der Waals surface area (Å²) in [5.41, 5.74) is 0. The van der Waals surface area contributed by atoms with E-state index in [0.717, 1.165) is 30.0 Å². The van der Waals surface area contributed by atoms with Crippen LogP contribution in [-0.4, -0.2) is 48.7 Å². The lowest BCUT2D eigenvalue weighted by Crippen LogP contribution is -2.49. The molecular formula is C18H28N2O3S. The quantitative estimate of drug-likeness (QED) is 0.658. The van der Waals surface area contributed by atoms with Crippen LogP contribution in [0.25, 0.3) is 0 Å². The van der Waals surface area contributed by atoms with E-state index in [1.807, 2.05) is 36.1 Å². The number of likely N-dealkylation sites (N-methyl/N-ethyl adjacent to an activating group) is 1. The molecule has 0 aliphatic carbocycles. The van der Waals surface area contributed by atoms with Gasteiger partial charge in [0.25, 0.3) is 0 Å². The van der Waals surface area contributed by atoms with Gasteiger partial charge >= 0.3 is 0 Å². The van der Waals surface area contributed by atoms with E-state index in [-0.39, 0.29) is 11.8 Å². The van der Waals surface area contributed by atoms with Crippen molar-refractivity contribution in [3.05, 3.63) is 24.3 Å². The summed E-state index contributed by atoms with van der Waals surface area (Å²) in [5.74, 6) is 1.11. The highest BCUT2D eigenvalue weighted by atomic mass is 32.2. The molecule has 24 heavy (non-hydrogen) atoms. The second-order valence-corrected chi connectivity index (χ2v) is 6.60. The fourth-order valence-corrected chi connectivity index (χ4v) is 3.18. The third kappa shape index (κ3) is 6.83. The molecule has 0 saturated carbocycles. The molecule has 1 N–H and O–H groups in total. The zero-order chi connectivity index (χ0) is 17.9. The van der Waals surface area contributed by atoms with Gasteiger partial charge in [-0.1, -0.05) is 13.3 Å². The van der Waals surface area contributed by atoms with Crippen LogP contribution in [0.3, 0.4) is 0 Å². The van der Waals surface area contributed by atoms with E-state index in [1.165, 1.54) is 6.92 Å². The number of carbonyl (C=O) groups excluding carboxylic acids is 2. The summed E-state index contributed by atoms with van der Waals surface area (Å²) in [5, 5.41) is 2.79. The normalized spacial score (nSPS) is 11.7. The molecule has 0 spiro atoms. The Labute approximate surface area is 149 Å². The number of thioether (sulfide) groups is 1. The van der Waals surface area contributed by atoms with Crippen molar-refractivity contribution in [3.8, 4) is 5.75 Å². The molecule has 0 aromatic heterocycles. The Balaban J connectivity index is 2.72. The maximum Gasteiger partial charge on any atom is 0.246 e. The van der Waals surface area contributed by atoms with Crippen LogP contribution in [-0.2, 0) is 9.59 Å². The maximum atomic E-state index is 12.7. The predicted octanol–water partition coefficient (Wildman–Crippen LogP) is 2.94. The Morgan fingerprint density at radius 3 is 2.42 bits per heavy atom. The third-order valence-corrected chi connectivity index (χ3v) is 4.73. The largest absolute Gasteiger partial charge is 0.497 e. The molecule has 1 atom stereocenters. The van der Waals surface area contributed by atoms with Crippen molar-refractivity contribution in [1.82, 2.24) is 10.2 Å². The predicted molar refractivity (Wildman–Crippen MR) is 98.5 cm³/mol. The SMILES string of the molecule is CCCCN(CC)C(=O)C(CSc1ccc(OC)cc1)NC(C)=O. The molecule has 0 bridgehead atoms. The zero-order valence-corrected chi connectivity index (χ0v) is 15.8. The first-order chi connectivity index (χ1) is 11.5. The number of amides is 2. The number of benzene rings is 1. The van der Waals surface area contributed by atoms with E-state index >= 15 is 0 Å². The van der Waals surface area contributed by atoms with E-state index in [0.29, 0.717) is 12.3 Å². The molecule has 1 aromatic rings. The average Bonchev–Trinajstić information content (AvgIpc) is 2.59. The Kier molecular flexibility index (Phi) is 9.30. The molecule has 0 aliphatic heterocycles. The summed E-state index contributed by atoms with van der Waals surface area (Å²) in [6.07, 6.45) is 2.01. The monoisotopic (exact) mass is 352 g/mol. The van der Waals surface area contributed by atoms with Crippen LogP contribution < -0.4 is 10.1 Å². The van der Waals surface area contributed by atoms with Gasteiger partial charge in [-0.25, -0.2) is 0 Å². The molecule has 0 heterocycles. The van der Waals surface area contributed by atoms with Crippen LogP contribution in [0.1, 0.15) is 33.6 Å². The highest BCUT2D eigenvalue weighted by Crippen LogP contribution is 2.22. The summed E-state index contributed by atoms with van der Waals surface area (Å²) < 4.78 is 5.14. The number of nitrogens with one attached hydrogen (secondary N) is 1. The summed E-state index contributed by atoms with van der Waals surface area (Å²) in [4.78, 5) is 27.0. The summed E-state index contributed by atoms with van der Waals surface area (Å²) in [6, 6.07) is 7.17. The Morgan fingerprint density at radius 1 is 1.25 bits per heavy atom. The molecule has 0 fully saturated rings. The fraction of sp³-hybridized carbons (Fsp3) is 0.556. The molecule has 6 heteroatoms. The highest BCUT2D eigenvalue weighted by molar-refractivity contribution is 7.99. The van der Waals surface area contributed by atoms with Gasteiger partial charge in [0, 0.05) is 30.7 Å². The summed E-state index contributed by atoms with van der Waals surface area (Å²) in [6.45, 7) is 6.90. The van der Waals surface area contributed by atoms with Gasteiger partial charge in [-0.2, -0.15) is 0 Å². The smallest absolute Gasteiger partial charge is 0.246 e. The number of hydrogen-bond acceptors (Lipinski definition) is 4. The van der Waals surface area contributed by atoms with Gasteiger partial charge in [0.05, 0.1) is 7.11 Å². The maximum absolute atomic E-state index is 12.7. The Morgan fingerprint density at radius 2 is 1.92 bits per heavy atom. The zero-order valence-electron chi connectivity index (χ0n) is 15.0. The van der Waals surface area contributed by atoms with Crippen LogP contribution in [0.4, 0.5) is 0 Å². The number of ether oxygens (including phenoxy) is 1. The molecule has 134 valence electrons. The van der Waals surface area contributed by atoms with Crippen LogP contribution in [0, 0.1) is 0 Å². The standard InChI is InChI=1S/C18H28N2O3S/c1-5-7-12-20(6-2)18(22)17(19-14(3)21)13-24-16-10-8-15(23-4)9-11-16/h8-11,17H,5-7,12-13H2,1-4H3,(H,19,21). The fourth-order valence-electron chi connectivity index (χ4n) is 2.27. The first kappa shape index (κ1) is 20.4. The summed E-state index contributed by atoms with van der Waals surface area (Å²) in [7, 11) is 1.63. The number of rotatable bonds is 10. The van der Waals surface area contributed by atoms with Crippen molar-refractivity contribution < 1.29 is 14.3 Å².